The van der Waals surface area contributed by atoms with Crippen molar-refractivity contribution < 1.29 is 13.2 Å². The first-order chi connectivity index (χ1) is 14.4. The van der Waals surface area contributed by atoms with E-state index in [1.54, 1.807) is 36.0 Å². The van der Waals surface area contributed by atoms with Gasteiger partial charge in [0.15, 0.2) is 0 Å². The Morgan fingerprint density at radius 3 is 2.40 bits per heavy atom. The van der Waals surface area contributed by atoms with Crippen molar-refractivity contribution in [3.8, 4) is 0 Å². The van der Waals surface area contributed by atoms with Gasteiger partial charge in [0.05, 0.1) is 16.7 Å². The summed E-state index contributed by atoms with van der Waals surface area (Å²) in [5.74, 6) is -0.329. The molecule has 8 heteroatoms. The van der Waals surface area contributed by atoms with Crippen LogP contribution in [-0.4, -0.2) is 30.1 Å². The smallest absolute Gasteiger partial charge is 0.244 e. The van der Waals surface area contributed by atoms with Gasteiger partial charge in [-0.25, -0.2) is 13.4 Å². The van der Waals surface area contributed by atoms with E-state index in [4.69, 9.17) is 0 Å². The van der Waals surface area contributed by atoms with Gasteiger partial charge in [-0.05, 0) is 36.4 Å². The van der Waals surface area contributed by atoms with Gasteiger partial charge in [-0.15, -0.1) is 0 Å². The minimum Gasteiger partial charge on any atom is -0.324 e. The lowest BCUT2D eigenvalue weighted by atomic mass is 10.3. The molecule has 30 heavy (non-hydrogen) atoms. The van der Waals surface area contributed by atoms with E-state index in [2.05, 4.69) is 10.3 Å². The first-order valence-corrected chi connectivity index (χ1v) is 11.9. The molecule has 0 spiro atoms. The molecule has 0 atom stereocenters. The van der Waals surface area contributed by atoms with E-state index < -0.39 is 9.84 Å². The molecule has 6 nitrogen and oxygen atoms in total. The highest BCUT2D eigenvalue weighted by molar-refractivity contribution is 7.99. The van der Waals surface area contributed by atoms with E-state index in [9.17, 15) is 13.2 Å². The van der Waals surface area contributed by atoms with E-state index in [1.165, 1.54) is 4.57 Å². The van der Waals surface area contributed by atoms with Crippen LogP contribution in [-0.2, 0) is 21.2 Å². The number of nitrogens with one attached hydrogen (secondary N) is 1. The number of amides is 1. The summed E-state index contributed by atoms with van der Waals surface area (Å²) < 4.78 is 25.8. The van der Waals surface area contributed by atoms with Crippen molar-refractivity contribution in [1.82, 2.24) is 9.55 Å². The number of benzene rings is 3. The largest absolute Gasteiger partial charge is 0.324 e. The Morgan fingerprint density at radius 1 is 0.967 bits per heavy atom. The van der Waals surface area contributed by atoms with Gasteiger partial charge in [-0.3, -0.25) is 4.79 Å². The molecule has 0 aliphatic carbocycles. The molecular weight excluding hydrogens is 418 g/mol. The number of fused-ring (bicyclic) bond motifs is 1. The number of para-hydroxylation sites is 3. The van der Waals surface area contributed by atoms with Crippen LogP contribution in [0.15, 0.2) is 93.8 Å². The molecule has 1 N–H and O–H groups in total. The third-order valence-corrected chi connectivity index (χ3v) is 6.44. The normalized spacial score (nSPS) is 11.5. The van der Waals surface area contributed by atoms with Gasteiger partial charge in [-0.1, -0.05) is 54.2 Å². The Bertz CT molecular complexity index is 1320. The number of imidazole rings is 1. The lowest BCUT2D eigenvalue weighted by molar-refractivity contribution is -0.116. The molecule has 1 heterocycles. The second-order valence-corrected chi connectivity index (χ2v) is 9.73. The molecule has 4 aromatic rings. The summed E-state index contributed by atoms with van der Waals surface area (Å²) in [6.45, 7) is -0.159. The van der Waals surface area contributed by atoms with Gasteiger partial charge in [0.2, 0.25) is 20.9 Å². The molecule has 1 amide bonds. The van der Waals surface area contributed by atoms with Crippen LogP contribution in [0.3, 0.4) is 0 Å². The van der Waals surface area contributed by atoms with E-state index in [-0.39, 0.29) is 17.6 Å². The summed E-state index contributed by atoms with van der Waals surface area (Å²) in [7, 11) is -3.59. The second-order valence-electron chi connectivity index (χ2n) is 6.70. The number of hydrogen-bond donors (Lipinski definition) is 1. The molecule has 0 fully saturated rings. The maximum Gasteiger partial charge on any atom is 0.244 e. The number of aromatic nitrogens is 2. The van der Waals surface area contributed by atoms with Crippen molar-refractivity contribution in [3.05, 3.63) is 78.9 Å². The topological polar surface area (TPSA) is 81.1 Å². The first kappa shape index (κ1) is 20.2. The van der Waals surface area contributed by atoms with Crippen molar-refractivity contribution in [2.75, 3.05) is 11.6 Å². The fourth-order valence-electron chi connectivity index (χ4n) is 3.10. The summed E-state index contributed by atoms with van der Waals surface area (Å²) in [4.78, 5) is 19.0. The average Bonchev–Trinajstić information content (AvgIpc) is 3.09. The zero-order valence-electron chi connectivity index (χ0n) is 16.1. The minimum atomic E-state index is -3.59. The molecule has 0 aliphatic heterocycles. The van der Waals surface area contributed by atoms with Crippen molar-refractivity contribution in [2.45, 2.75) is 21.5 Å². The number of hydrogen-bond acceptors (Lipinski definition) is 5. The fourth-order valence-corrected chi connectivity index (χ4v) is 4.85. The van der Waals surface area contributed by atoms with Gasteiger partial charge in [0.1, 0.15) is 6.54 Å². The van der Waals surface area contributed by atoms with Gasteiger partial charge < -0.3 is 9.88 Å². The van der Waals surface area contributed by atoms with Crippen LogP contribution in [0.4, 0.5) is 5.69 Å². The number of rotatable bonds is 6. The van der Waals surface area contributed by atoms with Crippen LogP contribution in [0.25, 0.3) is 11.0 Å². The van der Waals surface area contributed by atoms with E-state index >= 15 is 0 Å². The van der Waals surface area contributed by atoms with Crippen LogP contribution < -0.4 is 5.32 Å². The number of sulfone groups is 1. The highest BCUT2D eigenvalue weighted by Crippen LogP contribution is 2.33. The van der Waals surface area contributed by atoms with Gasteiger partial charge >= 0.3 is 0 Å². The van der Waals surface area contributed by atoms with E-state index in [0.717, 1.165) is 16.0 Å². The predicted octanol–water partition coefficient (Wildman–Crippen LogP) is 4.23. The zero-order chi connectivity index (χ0) is 21.1. The third-order valence-electron chi connectivity index (χ3n) is 4.39. The molecule has 0 unspecified atom stereocenters. The molecular formula is C22H19N3O3S2. The van der Waals surface area contributed by atoms with Gasteiger partial charge in [0.25, 0.3) is 0 Å². The van der Waals surface area contributed by atoms with E-state index in [0.29, 0.717) is 16.7 Å². The van der Waals surface area contributed by atoms with Crippen LogP contribution in [0.1, 0.15) is 0 Å². The van der Waals surface area contributed by atoms with Crippen molar-refractivity contribution in [3.63, 3.8) is 0 Å². The van der Waals surface area contributed by atoms with Crippen LogP contribution in [0.5, 0.6) is 0 Å². The Kier molecular flexibility index (Phi) is 5.61. The third kappa shape index (κ3) is 4.39. The van der Waals surface area contributed by atoms with Gasteiger partial charge in [-0.2, -0.15) is 0 Å². The Morgan fingerprint density at radius 2 is 1.63 bits per heavy atom. The number of carbonyl (C=O) groups is 1. The average molecular weight is 438 g/mol. The number of anilines is 1. The molecule has 0 bridgehead atoms. The Hall–Kier alpha value is -3.10. The number of nitrogens with zero attached hydrogens (tertiary/aromatic N) is 2. The lowest BCUT2D eigenvalue weighted by Gasteiger charge is -2.12. The molecule has 152 valence electrons. The van der Waals surface area contributed by atoms with Crippen LogP contribution >= 0.6 is 11.8 Å². The summed E-state index contributed by atoms with van der Waals surface area (Å²) in [5, 5.41) is 2.79. The zero-order valence-corrected chi connectivity index (χ0v) is 17.8. The lowest BCUT2D eigenvalue weighted by Crippen LogP contribution is -2.21. The Balaban J connectivity index is 1.61. The van der Waals surface area contributed by atoms with E-state index in [1.807, 2.05) is 54.6 Å². The first-order valence-electron chi connectivity index (χ1n) is 9.19. The van der Waals surface area contributed by atoms with Crippen LogP contribution in [0.2, 0.25) is 0 Å². The minimum absolute atomic E-state index is 0.120. The Labute approximate surface area is 178 Å². The summed E-state index contributed by atoms with van der Waals surface area (Å²) in [6, 6.07) is 24.4. The molecule has 0 saturated heterocycles. The standard InChI is InChI=1S/C22H19N3O3S2/c1-30(27,28)22-24-17-11-5-7-13-19(17)25(22)15-21(26)23-18-12-6-8-14-20(18)29-16-9-3-2-4-10-16/h2-14H,15H2,1H3,(H,23,26). The maximum absolute atomic E-state index is 12.8. The molecule has 0 saturated carbocycles. The summed E-state index contributed by atoms with van der Waals surface area (Å²) >= 11 is 1.54. The molecule has 0 radical (unpaired) electrons. The summed E-state index contributed by atoms with van der Waals surface area (Å²) in [6.07, 6.45) is 1.09. The number of carbonyl (C=O) groups excluding carboxylic acids is 1. The molecule has 0 aliphatic rings. The van der Waals surface area contributed by atoms with Gasteiger partial charge in [0, 0.05) is 16.0 Å². The summed E-state index contributed by atoms with van der Waals surface area (Å²) in [5.41, 5.74) is 1.80. The highest BCUT2D eigenvalue weighted by atomic mass is 32.2. The molecule has 3 aromatic carbocycles. The van der Waals surface area contributed by atoms with Crippen LogP contribution in [0, 0.1) is 0 Å². The highest BCUT2D eigenvalue weighted by Gasteiger charge is 2.21. The predicted molar refractivity (Wildman–Crippen MR) is 118 cm³/mol. The fraction of sp³-hybridized carbons (Fsp3) is 0.0909. The van der Waals surface area contributed by atoms with Crippen molar-refractivity contribution in [1.29, 1.82) is 0 Å². The second kappa shape index (κ2) is 8.33. The molecule has 1 aromatic heterocycles. The van der Waals surface area contributed by atoms with Crippen molar-refractivity contribution >= 4 is 44.2 Å². The molecule has 4 rings (SSSR count). The maximum atomic E-state index is 12.8. The van der Waals surface area contributed by atoms with Crippen molar-refractivity contribution in [2.24, 2.45) is 0 Å². The monoisotopic (exact) mass is 437 g/mol. The SMILES string of the molecule is CS(=O)(=O)c1nc2ccccc2n1CC(=O)Nc1ccccc1Sc1ccccc1. The quantitative estimate of drug-likeness (QED) is 0.488.